The molecule has 1 atom stereocenters. The summed E-state index contributed by atoms with van der Waals surface area (Å²) in [6, 6.07) is -0.328. The Kier molecular flexibility index (Phi) is 4.47. The van der Waals surface area contributed by atoms with E-state index in [1.54, 1.807) is 0 Å². The molecule has 1 N–H and O–H groups in total. The van der Waals surface area contributed by atoms with Gasteiger partial charge < -0.3 is 5.32 Å². The Balaban J connectivity index is 2.46. The van der Waals surface area contributed by atoms with Crippen molar-refractivity contribution in [2.75, 3.05) is 6.54 Å². The fourth-order valence-corrected chi connectivity index (χ4v) is 1.90. The number of carbonyl (C=O) groups is 2. The van der Waals surface area contributed by atoms with Crippen molar-refractivity contribution in [3.8, 4) is 0 Å². The summed E-state index contributed by atoms with van der Waals surface area (Å²) < 4.78 is 0. The van der Waals surface area contributed by atoms with Crippen LogP contribution in [0.25, 0.3) is 0 Å². The highest BCUT2D eigenvalue weighted by atomic mass is 16.2. The monoisotopic (exact) mass is 226 g/mol. The van der Waals surface area contributed by atoms with Crippen molar-refractivity contribution < 1.29 is 9.59 Å². The highest BCUT2D eigenvalue weighted by Crippen LogP contribution is 2.16. The van der Waals surface area contributed by atoms with Crippen LogP contribution in [0, 0.1) is 5.92 Å². The van der Waals surface area contributed by atoms with Crippen molar-refractivity contribution in [2.24, 2.45) is 5.92 Å². The van der Waals surface area contributed by atoms with Gasteiger partial charge in [-0.15, -0.1) is 0 Å². The quantitative estimate of drug-likeness (QED) is 0.716. The van der Waals surface area contributed by atoms with Gasteiger partial charge in [-0.25, -0.2) is 0 Å². The van der Waals surface area contributed by atoms with E-state index in [0.29, 0.717) is 12.3 Å². The van der Waals surface area contributed by atoms with Crippen LogP contribution in [-0.2, 0) is 9.59 Å². The molecule has 1 fully saturated rings. The number of nitrogens with one attached hydrogen (secondary N) is 1. The van der Waals surface area contributed by atoms with Gasteiger partial charge in [0.05, 0.1) is 12.5 Å². The number of imide groups is 1. The minimum atomic E-state index is -0.298. The third kappa shape index (κ3) is 3.04. The summed E-state index contributed by atoms with van der Waals surface area (Å²) in [6.07, 6.45) is 1.34. The van der Waals surface area contributed by atoms with E-state index in [-0.39, 0.29) is 23.9 Å². The van der Waals surface area contributed by atoms with E-state index >= 15 is 0 Å². The molecule has 1 unspecified atom stereocenters. The maximum Gasteiger partial charge on any atom is 0.247 e. The molecule has 0 aromatic carbocycles. The highest BCUT2D eigenvalue weighted by Gasteiger charge is 2.39. The van der Waals surface area contributed by atoms with Crippen molar-refractivity contribution in [3.63, 3.8) is 0 Å². The molecule has 0 aliphatic carbocycles. The van der Waals surface area contributed by atoms with Gasteiger partial charge in [0.1, 0.15) is 0 Å². The Morgan fingerprint density at radius 3 is 2.38 bits per heavy atom. The lowest BCUT2D eigenvalue weighted by Gasteiger charge is -2.19. The zero-order valence-electron chi connectivity index (χ0n) is 10.6. The second-order valence-electron chi connectivity index (χ2n) is 5.09. The summed E-state index contributed by atoms with van der Waals surface area (Å²) in [7, 11) is 0. The molecule has 1 saturated heterocycles. The third-order valence-electron chi connectivity index (χ3n) is 2.81. The van der Waals surface area contributed by atoms with Crippen LogP contribution in [0.15, 0.2) is 0 Å². The van der Waals surface area contributed by atoms with E-state index < -0.39 is 0 Å². The van der Waals surface area contributed by atoms with Crippen LogP contribution < -0.4 is 5.32 Å². The van der Waals surface area contributed by atoms with Crippen molar-refractivity contribution >= 4 is 11.8 Å². The predicted molar refractivity (Wildman–Crippen MR) is 62.9 cm³/mol. The molecule has 4 heteroatoms. The second kappa shape index (κ2) is 5.43. The molecule has 2 amide bonds. The van der Waals surface area contributed by atoms with Crippen LogP contribution in [0.4, 0.5) is 0 Å². The largest absolute Gasteiger partial charge is 0.305 e. The van der Waals surface area contributed by atoms with Crippen LogP contribution >= 0.6 is 0 Å². The molecule has 1 aliphatic heterocycles. The molecule has 0 radical (unpaired) electrons. The topological polar surface area (TPSA) is 49.4 Å². The van der Waals surface area contributed by atoms with Crippen molar-refractivity contribution in [1.82, 2.24) is 10.2 Å². The van der Waals surface area contributed by atoms with Gasteiger partial charge in [0.2, 0.25) is 11.8 Å². The van der Waals surface area contributed by atoms with Gasteiger partial charge in [-0.1, -0.05) is 13.8 Å². The van der Waals surface area contributed by atoms with Gasteiger partial charge in [-0.05, 0) is 32.7 Å². The number of amides is 2. The summed E-state index contributed by atoms with van der Waals surface area (Å²) in [4.78, 5) is 24.8. The second-order valence-corrected chi connectivity index (χ2v) is 5.09. The maximum atomic E-state index is 11.9. The third-order valence-corrected chi connectivity index (χ3v) is 2.81. The molecule has 0 saturated carbocycles. The fraction of sp³-hybridized carbons (Fsp3) is 0.833. The number of carbonyl (C=O) groups excluding carboxylic acids is 2. The van der Waals surface area contributed by atoms with E-state index in [0.717, 1.165) is 13.0 Å². The Labute approximate surface area is 97.4 Å². The minimum Gasteiger partial charge on any atom is -0.305 e. The molecule has 4 nitrogen and oxygen atoms in total. The molecular weight excluding hydrogens is 204 g/mol. The van der Waals surface area contributed by atoms with E-state index in [9.17, 15) is 9.59 Å². The number of hydrogen-bond donors (Lipinski definition) is 1. The van der Waals surface area contributed by atoms with Gasteiger partial charge in [0.25, 0.3) is 0 Å². The summed E-state index contributed by atoms with van der Waals surface area (Å²) in [5.41, 5.74) is 0. The Bertz CT molecular complexity index is 274. The van der Waals surface area contributed by atoms with E-state index in [1.807, 2.05) is 13.8 Å². The molecule has 1 rings (SSSR count). The van der Waals surface area contributed by atoms with E-state index in [2.05, 4.69) is 19.2 Å². The Morgan fingerprint density at radius 2 is 1.94 bits per heavy atom. The fourth-order valence-electron chi connectivity index (χ4n) is 1.90. The lowest BCUT2D eigenvalue weighted by atomic mass is 10.1. The number of likely N-dealkylation sites (tertiary alicyclic amines) is 1. The smallest absolute Gasteiger partial charge is 0.247 e. The van der Waals surface area contributed by atoms with Crippen molar-refractivity contribution in [2.45, 2.75) is 52.6 Å². The average molecular weight is 226 g/mol. The summed E-state index contributed by atoms with van der Waals surface area (Å²) in [5.74, 6) is 0.492. The van der Waals surface area contributed by atoms with Gasteiger partial charge in [0, 0.05) is 6.04 Å². The van der Waals surface area contributed by atoms with E-state index in [1.165, 1.54) is 4.90 Å². The zero-order chi connectivity index (χ0) is 12.3. The van der Waals surface area contributed by atoms with Gasteiger partial charge in [0.15, 0.2) is 0 Å². The molecule has 0 spiro atoms. The molecule has 0 bridgehead atoms. The SMILES string of the molecule is CC(C)CCNC1CC(=O)N(C(C)C)C1=O. The number of nitrogens with zero attached hydrogens (tertiary/aromatic N) is 1. The first-order valence-electron chi connectivity index (χ1n) is 6.02. The summed E-state index contributed by atoms with van der Waals surface area (Å²) in [6.45, 7) is 8.82. The van der Waals surface area contributed by atoms with Crippen molar-refractivity contribution in [1.29, 1.82) is 0 Å². The summed E-state index contributed by atoms with van der Waals surface area (Å²) in [5, 5.41) is 3.17. The van der Waals surface area contributed by atoms with Crippen LogP contribution in [0.3, 0.4) is 0 Å². The lowest BCUT2D eigenvalue weighted by Crippen LogP contribution is -2.42. The lowest BCUT2D eigenvalue weighted by molar-refractivity contribution is -0.140. The van der Waals surface area contributed by atoms with Gasteiger partial charge >= 0.3 is 0 Å². The standard InChI is InChI=1S/C12H22N2O2/c1-8(2)5-6-13-10-7-11(15)14(9(3)4)12(10)16/h8-10,13H,5-7H2,1-4H3. The predicted octanol–water partition coefficient (Wildman–Crippen LogP) is 1.16. The molecule has 0 aromatic heterocycles. The first-order chi connectivity index (χ1) is 7.43. The Hall–Kier alpha value is -0.900. The van der Waals surface area contributed by atoms with Gasteiger partial charge in [-0.3, -0.25) is 14.5 Å². The molecular formula is C12H22N2O2. The minimum absolute atomic E-state index is 0.0306. The average Bonchev–Trinajstić information content (AvgIpc) is 2.41. The summed E-state index contributed by atoms with van der Waals surface area (Å²) >= 11 is 0. The molecule has 1 heterocycles. The van der Waals surface area contributed by atoms with Gasteiger partial charge in [-0.2, -0.15) is 0 Å². The Morgan fingerprint density at radius 1 is 1.31 bits per heavy atom. The van der Waals surface area contributed by atoms with E-state index in [4.69, 9.17) is 0 Å². The molecule has 92 valence electrons. The molecule has 1 aliphatic rings. The number of hydrogen-bond acceptors (Lipinski definition) is 3. The first kappa shape index (κ1) is 13.2. The normalized spacial score (nSPS) is 21.6. The zero-order valence-corrected chi connectivity index (χ0v) is 10.6. The molecule has 0 aromatic rings. The highest BCUT2D eigenvalue weighted by molar-refractivity contribution is 6.05. The van der Waals surface area contributed by atoms with Crippen LogP contribution in [0.5, 0.6) is 0 Å². The van der Waals surface area contributed by atoms with Crippen LogP contribution in [-0.4, -0.2) is 35.3 Å². The van der Waals surface area contributed by atoms with Crippen LogP contribution in [0.1, 0.15) is 40.5 Å². The maximum absolute atomic E-state index is 11.9. The van der Waals surface area contributed by atoms with Crippen LogP contribution in [0.2, 0.25) is 0 Å². The molecule has 16 heavy (non-hydrogen) atoms. The first-order valence-corrected chi connectivity index (χ1v) is 6.02. The number of rotatable bonds is 5. The van der Waals surface area contributed by atoms with Crippen molar-refractivity contribution in [3.05, 3.63) is 0 Å².